The van der Waals surface area contributed by atoms with Gasteiger partial charge >= 0.3 is 0 Å². The lowest BCUT2D eigenvalue weighted by molar-refractivity contribution is 0.664. The highest BCUT2D eigenvalue weighted by Crippen LogP contribution is 2.64. The summed E-state index contributed by atoms with van der Waals surface area (Å²) in [5.74, 6) is 0. The van der Waals surface area contributed by atoms with E-state index in [1.165, 1.54) is 98.8 Å². The summed E-state index contributed by atoms with van der Waals surface area (Å²) in [5.41, 5.74) is 24.0. The van der Waals surface area contributed by atoms with Gasteiger partial charge in [0, 0.05) is 37.8 Å². The quantitative estimate of drug-likeness (QED) is 0.161. The summed E-state index contributed by atoms with van der Waals surface area (Å²) in [4.78, 5) is 5.13. The van der Waals surface area contributed by atoms with E-state index >= 15 is 0 Å². The number of nitrogens with zero attached hydrogens (tertiary/aromatic N) is 1. The monoisotopic (exact) mass is 833 g/mol. The van der Waals surface area contributed by atoms with Gasteiger partial charge in [-0.15, -0.1) is 11.3 Å². The van der Waals surface area contributed by atoms with Crippen molar-refractivity contribution in [2.45, 2.75) is 24.7 Å². The summed E-state index contributed by atoms with van der Waals surface area (Å²) in [5, 5.41) is 0. The second-order valence-corrected chi connectivity index (χ2v) is 19.0. The maximum Gasteiger partial charge on any atom is 0.0726 e. The number of hydrogen-bond acceptors (Lipinski definition) is 2. The number of benzene rings is 9. The van der Waals surface area contributed by atoms with Gasteiger partial charge in [-0.1, -0.05) is 196 Å². The van der Waals surface area contributed by atoms with E-state index in [0.717, 1.165) is 17.1 Å². The third-order valence-corrected chi connectivity index (χ3v) is 15.6. The molecule has 13 rings (SSSR count). The highest BCUT2D eigenvalue weighted by atomic mass is 32.1. The number of fused-ring (bicyclic) bond motifs is 13. The minimum atomic E-state index is -0.409. The highest BCUT2D eigenvalue weighted by molar-refractivity contribution is 7.19. The smallest absolute Gasteiger partial charge is 0.0726 e. The summed E-state index contributed by atoms with van der Waals surface area (Å²) in [6.45, 7) is 4.81. The Morgan fingerprint density at radius 2 is 0.797 bits per heavy atom. The van der Waals surface area contributed by atoms with Crippen molar-refractivity contribution in [1.29, 1.82) is 0 Å². The lowest BCUT2D eigenvalue weighted by Gasteiger charge is -2.32. The van der Waals surface area contributed by atoms with Crippen LogP contribution in [-0.4, -0.2) is 0 Å². The number of thiophene rings is 1. The Kier molecular flexibility index (Phi) is 8.11. The maximum absolute atomic E-state index is 2.48. The molecule has 64 heavy (non-hydrogen) atoms. The Labute approximate surface area is 379 Å². The van der Waals surface area contributed by atoms with E-state index in [9.17, 15) is 0 Å². The molecule has 0 bridgehead atoms. The van der Waals surface area contributed by atoms with E-state index in [2.05, 4.69) is 243 Å². The third kappa shape index (κ3) is 5.18. The van der Waals surface area contributed by atoms with E-state index in [1.807, 2.05) is 11.3 Å². The molecule has 9 aromatic carbocycles. The Balaban J connectivity index is 0.941. The molecule has 1 heterocycles. The molecule has 0 N–H and O–H groups in total. The Morgan fingerprint density at radius 3 is 1.39 bits per heavy atom. The van der Waals surface area contributed by atoms with Gasteiger partial charge in [0.25, 0.3) is 0 Å². The lowest BCUT2D eigenvalue weighted by Crippen LogP contribution is -2.26. The molecule has 1 aromatic heterocycles. The zero-order chi connectivity index (χ0) is 42.6. The molecular formula is C62H43NS. The van der Waals surface area contributed by atoms with E-state index in [4.69, 9.17) is 0 Å². The number of rotatable bonds is 6. The van der Waals surface area contributed by atoms with E-state index in [1.54, 1.807) is 0 Å². The average Bonchev–Trinajstić information content (AvgIpc) is 4.06. The van der Waals surface area contributed by atoms with Crippen LogP contribution in [0.5, 0.6) is 0 Å². The second kappa shape index (κ2) is 14.0. The summed E-state index contributed by atoms with van der Waals surface area (Å²) in [7, 11) is 0. The van der Waals surface area contributed by atoms with Crippen LogP contribution >= 0.6 is 11.3 Å². The minimum absolute atomic E-state index is 0.142. The van der Waals surface area contributed by atoms with Gasteiger partial charge in [-0.3, -0.25) is 0 Å². The summed E-state index contributed by atoms with van der Waals surface area (Å²) in [6, 6.07) is 83.4. The molecule has 0 atom stereocenters. The standard InChI is InChI=1S/C62H43NS/c1-61(2)52-37-32-43(38-51(52)57-58(61)60(42-20-8-4-9-21-42)64-59(57)41-18-6-3-7-19-41)40-30-33-45(34-31-40)63(44-22-10-5-11-23-44)46-35-36-50-49-26-14-17-29-55(49)62(56(50)39-46)53-27-15-12-24-47(53)48-25-13-16-28-54(48)62/h3-39H,1-2H3. The van der Waals surface area contributed by atoms with Gasteiger partial charge in [0.15, 0.2) is 0 Å². The predicted molar refractivity (Wildman–Crippen MR) is 269 cm³/mol. The van der Waals surface area contributed by atoms with Crippen LogP contribution in [-0.2, 0) is 10.8 Å². The topological polar surface area (TPSA) is 3.24 Å². The minimum Gasteiger partial charge on any atom is -0.310 e. The molecule has 3 aliphatic carbocycles. The van der Waals surface area contributed by atoms with Crippen LogP contribution in [0.4, 0.5) is 17.1 Å². The van der Waals surface area contributed by atoms with Crippen LogP contribution in [0, 0.1) is 0 Å². The normalized spacial score (nSPS) is 14.0. The van der Waals surface area contributed by atoms with Gasteiger partial charge in [0.05, 0.1) is 5.41 Å². The van der Waals surface area contributed by atoms with Crippen molar-refractivity contribution in [1.82, 2.24) is 0 Å². The molecule has 0 saturated heterocycles. The van der Waals surface area contributed by atoms with E-state index in [0.29, 0.717) is 0 Å². The van der Waals surface area contributed by atoms with Gasteiger partial charge in [-0.25, -0.2) is 0 Å². The van der Waals surface area contributed by atoms with Crippen LogP contribution in [0.1, 0.15) is 47.2 Å². The van der Waals surface area contributed by atoms with Crippen molar-refractivity contribution in [2.75, 3.05) is 4.90 Å². The number of anilines is 3. The molecule has 0 unspecified atom stereocenters. The van der Waals surface area contributed by atoms with Gasteiger partial charge in [0.1, 0.15) is 0 Å². The zero-order valence-electron chi connectivity index (χ0n) is 35.7. The van der Waals surface area contributed by atoms with Gasteiger partial charge in [-0.2, -0.15) is 0 Å². The molecule has 3 aliphatic rings. The molecule has 0 saturated carbocycles. The lowest BCUT2D eigenvalue weighted by atomic mass is 9.70. The summed E-state index contributed by atoms with van der Waals surface area (Å²) < 4.78 is 0. The molecule has 1 nitrogen and oxygen atoms in total. The Bertz CT molecular complexity index is 3390. The van der Waals surface area contributed by atoms with Crippen molar-refractivity contribution < 1.29 is 0 Å². The highest BCUT2D eigenvalue weighted by Gasteiger charge is 2.51. The van der Waals surface area contributed by atoms with Crippen LogP contribution in [0.15, 0.2) is 224 Å². The molecule has 0 amide bonds. The van der Waals surface area contributed by atoms with E-state index in [-0.39, 0.29) is 5.41 Å². The SMILES string of the molecule is CC1(C)c2ccc(-c3ccc(N(c4ccccc4)c4ccc5c(c4)C4(c6ccccc6-c6ccccc64)c4ccccc4-5)cc3)cc2-c2c(-c3ccccc3)sc(-c3ccccc3)c21. The van der Waals surface area contributed by atoms with Crippen LogP contribution in [0.25, 0.3) is 65.4 Å². The number of hydrogen-bond donors (Lipinski definition) is 0. The van der Waals surface area contributed by atoms with Crippen molar-refractivity contribution in [3.05, 3.63) is 258 Å². The Morgan fingerprint density at radius 1 is 0.328 bits per heavy atom. The van der Waals surface area contributed by atoms with Crippen LogP contribution < -0.4 is 4.90 Å². The first-order valence-electron chi connectivity index (χ1n) is 22.3. The molecule has 2 heteroatoms. The first-order valence-corrected chi connectivity index (χ1v) is 23.2. The fourth-order valence-electron chi connectivity index (χ4n) is 11.5. The number of para-hydroxylation sites is 1. The van der Waals surface area contributed by atoms with E-state index < -0.39 is 5.41 Å². The predicted octanol–water partition coefficient (Wildman–Crippen LogP) is 16.9. The van der Waals surface area contributed by atoms with Crippen molar-refractivity contribution >= 4 is 28.4 Å². The largest absolute Gasteiger partial charge is 0.310 e. The average molecular weight is 834 g/mol. The molecular weight excluding hydrogens is 791 g/mol. The third-order valence-electron chi connectivity index (χ3n) is 14.3. The van der Waals surface area contributed by atoms with Gasteiger partial charge < -0.3 is 4.90 Å². The molecule has 302 valence electrons. The fraction of sp³-hybridized carbons (Fsp3) is 0.0645. The molecule has 0 radical (unpaired) electrons. The van der Waals surface area contributed by atoms with Crippen molar-refractivity contribution in [2.24, 2.45) is 0 Å². The summed E-state index contributed by atoms with van der Waals surface area (Å²) >= 11 is 1.93. The van der Waals surface area contributed by atoms with Crippen LogP contribution in [0.2, 0.25) is 0 Å². The fourth-order valence-corrected chi connectivity index (χ4v) is 13.0. The molecule has 1 spiro atoms. The maximum atomic E-state index is 2.48. The Hall–Kier alpha value is -7.52. The van der Waals surface area contributed by atoms with Crippen molar-refractivity contribution in [3.8, 4) is 65.4 Å². The van der Waals surface area contributed by atoms with Gasteiger partial charge in [-0.05, 0) is 126 Å². The molecule has 0 aliphatic heterocycles. The molecule has 0 fully saturated rings. The zero-order valence-corrected chi connectivity index (χ0v) is 36.5. The van der Waals surface area contributed by atoms with Crippen LogP contribution in [0.3, 0.4) is 0 Å². The summed E-state index contributed by atoms with van der Waals surface area (Å²) in [6.07, 6.45) is 0. The first kappa shape index (κ1) is 37.1. The van der Waals surface area contributed by atoms with Gasteiger partial charge in [0.2, 0.25) is 0 Å². The first-order chi connectivity index (χ1) is 31.5. The van der Waals surface area contributed by atoms with Crippen molar-refractivity contribution in [3.63, 3.8) is 0 Å². The second-order valence-electron chi connectivity index (χ2n) is 18.0. The molecule has 10 aromatic rings.